The summed E-state index contributed by atoms with van der Waals surface area (Å²) in [4.78, 5) is 21.1. The van der Waals surface area contributed by atoms with Crippen LogP contribution >= 0.6 is 22.7 Å². The number of para-hydroxylation sites is 1. The van der Waals surface area contributed by atoms with Crippen LogP contribution in [0.3, 0.4) is 0 Å². The molecule has 0 saturated heterocycles. The van der Waals surface area contributed by atoms with Gasteiger partial charge in [-0.15, -0.1) is 22.7 Å². The summed E-state index contributed by atoms with van der Waals surface area (Å²) in [5.41, 5.74) is 1.90. The Balaban J connectivity index is 1.57. The Morgan fingerprint density at radius 3 is 2.79 bits per heavy atom. The van der Waals surface area contributed by atoms with Gasteiger partial charge in [-0.2, -0.15) is 0 Å². The molecule has 7 heteroatoms. The molecular formula is C17H10FN3OS2. The van der Waals surface area contributed by atoms with Gasteiger partial charge in [-0.25, -0.2) is 14.4 Å². The van der Waals surface area contributed by atoms with Crippen molar-refractivity contribution in [1.82, 2.24) is 9.97 Å². The maximum Gasteiger partial charge on any atom is 0.257 e. The van der Waals surface area contributed by atoms with Crippen LogP contribution in [0, 0.1) is 5.82 Å². The summed E-state index contributed by atoms with van der Waals surface area (Å²) in [6.45, 7) is 0. The minimum Gasteiger partial charge on any atom is -0.298 e. The predicted molar refractivity (Wildman–Crippen MR) is 95.1 cm³/mol. The van der Waals surface area contributed by atoms with Crippen LogP contribution in [0.15, 0.2) is 53.9 Å². The molecule has 0 aliphatic carbocycles. The van der Waals surface area contributed by atoms with Crippen LogP contribution in [-0.4, -0.2) is 15.9 Å². The number of halogens is 1. The minimum atomic E-state index is -0.447. The first-order chi connectivity index (χ1) is 11.7. The van der Waals surface area contributed by atoms with E-state index in [2.05, 4.69) is 15.3 Å². The Kier molecular flexibility index (Phi) is 3.79. The molecule has 0 fully saturated rings. The second-order valence-corrected chi connectivity index (χ2v) is 6.88. The molecule has 0 unspecified atom stereocenters. The Morgan fingerprint density at radius 2 is 1.96 bits per heavy atom. The van der Waals surface area contributed by atoms with E-state index in [1.807, 2.05) is 29.6 Å². The van der Waals surface area contributed by atoms with E-state index in [0.717, 1.165) is 20.9 Å². The number of thiazole rings is 2. The van der Waals surface area contributed by atoms with Crippen molar-refractivity contribution >= 4 is 43.9 Å². The van der Waals surface area contributed by atoms with Crippen LogP contribution in [-0.2, 0) is 0 Å². The van der Waals surface area contributed by atoms with Crippen molar-refractivity contribution in [2.45, 2.75) is 0 Å². The summed E-state index contributed by atoms with van der Waals surface area (Å²) in [5, 5.41) is 5.80. The van der Waals surface area contributed by atoms with Crippen molar-refractivity contribution in [2.75, 3.05) is 5.32 Å². The average Bonchev–Trinajstić information content (AvgIpc) is 3.21. The molecule has 2 heterocycles. The predicted octanol–water partition coefficient (Wildman–Crippen LogP) is 4.81. The molecule has 4 rings (SSSR count). The number of hydrogen-bond acceptors (Lipinski definition) is 5. The number of benzene rings is 2. The molecule has 2 aromatic carbocycles. The zero-order chi connectivity index (χ0) is 16.5. The van der Waals surface area contributed by atoms with Crippen molar-refractivity contribution in [3.05, 3.63) is 65.3 Å². The molecule has 0 atom stereocenters. The van der Waals surface area contributed by atoms with Crippen LogP contribution in [0.4, 0.5) is 9.52 Å². The van der Waals surface area contributed by atoms with E-state index in [-0.39, 0.29) is 11.5 Å². The molecule has 0 saturated carbocycles. The standard InChI is InChI=1S/C17H10FN3OS2/c18-11-5-3-4-10(8-11)15(22)21-17-20-13(9-23-17)16-19-12-6-1-2-7-14(12)24-16/h1-9H,(H,20,21,22). The summed E-state index contributed by atoms with van der Waals surface area (Å²) in [7, 11) is 0. The molecule has 0 bridgehead atoms. The first-order valence-electron chi connectivity index (χ1n) is 7.07. The van der Waals surface area contributed by atoms with E-state index in [1.54, 1.807) is 17.4 Å². The summed E-state index contributed by atoms with van der Waals surface area (Å²) in [6.07, 6.45) is 0. The zero-order valence-corrected chi connectivity index (χ0v) is 13.8. The fraction of sp³-hybridized carbons (Fsp3) is 0. The fourth-order valence-corrected chi connectivity index (χ4v) is 3.90. The summed E-state index contributed by atoms with van der Waals surface area (Å²) in [5.74, 6) is -0.836. The van der Waals surface area contributed by atoms with E-state index in [0.29, 0.717) is 5.13 Å². The summed E-state index contributed by atoms with van der Waals surface area (Å²) in [6, 6.07) is 13.4. The lowest BCUT2D eigenvalue weighted by atomic mass is 10.2. The van der Waals surface area contributed by atoms with Crippen molar-refractivity contribution in [1.29, 1.82) is 0 Å². The maximum absolute atomic E-state index is 13.2. The number of fused-ring (bicyclic) bond motifs is 1. The van der Waals surface area contributed by atoms with Gasteiger partial charge in [0.1, 0.15) is 16.5 Å². The molecule has 4 aromatic rings. The second-order valence-electron chi connectivity index (χ2n) is 4.99. The third-order valence-electron chi connectivity index (χ3n) is 3.32. The maximum atomic E-state index is 13.2. The first kappa shape index (κ1) is 14.9. The van der Waals surface area contributed by atoms with Gasteiger partial charge < -0.3 is 0 Å². The quantitative estimate of drug-likeness (QED) is 0.574. The molecule has 1 N–H and O–H groups in total. The number of carbonyl (C=O) groups is 1. The van der Waals surface area contributed by atoms with Gasteiger partial charge in [-0.05, 0) is 30.3 Å². The van der Waals surface area contributed by atoms with Gasteiger partial charge in [0, 0.05) is 10.9 Å². The molecule has 0 aliphatic rings. The largest absolute Gasteiger partial charge is 0.298 e. The number of hydrogen-bond donors (Lipinski definition) is 1. The lowest BCUT2D eigenvalue weighted by Crippen LogP contribution is -2.11. The van der Waals surface area contributed by atoms with Crippen molar-refractivity contribution < 1.29 is 9.18 Å². The van der Waals surface area contributed by atoms with Gasteiger partial charge in [0.25, 0.3) is 5.91 Å². The SMILES string of the molecule is O=C(Nc1nc(-c2nc3ccccc3s2)cs1)c1cccc(F)c1. The molecule has 118 valence electrons. The first-order valence-corrected chi connectivity index (χ1v) is 8.77. The van der Waals surface area contributed by atoms with Gasteiger partial charge in [-0.1, -0.05) is 18.2 Å². The molecule has 24 heavy (non-hydrogen) atoms. The topological polar surface area (TPSA) is 54.9 Å². The molecule has 4 nitrogen and oxygen atoms in total. The van der Waals surface area contributed by atoms with Crippen molar-refractivity contribution in [3.63, 3.8) is 0 Å². The van der Waals surface area contributed by atoms with Crippen LogP contribution in [0.5, 0.6) is 0 Å². The number of nitrogens with one attached hydrogen (secondary N) is 1. The lowest BCUT2D eigenvalue weighted by Gasteiger charge is -2.01. The Labute approximate surface area is 144 Å². The lowest BCUT2D eigenvalue weighted by molar-refractivity contribution is 0.102. The van der Waals surface area contributed by atoms with Crippen LogP contribution in [0.25, 0.3) is 20.9 Å². The highest BCUT2D eigenvalue weighted by molar-refractivity contribution is 7.22. The monoisotopic (exact) mass is 355 g/mol. The third-order valence-corrected chi connectivity index (χ3v) is 5.14. The fourth-order valence-electron chi connectivity index (χ4n) is 2.21. The number of carbonyl (C=O) groups excluding carboxylic acids is 1. The van der Waals surface area contributed by atoms with Gasteiger partial charge in [-0.3, -0.25) is 10.1 Å². The normalized spacial score (nSPS) is 10.9. The number of rotatable bonds is 3. The molecular weight excluding hydrogens is 345 g/mol. The highest BCUT2D eigenvalue weighted by Crippen LogP contribution is 2.32. The Bertz CT molecular complexity index is 1010. The minimum absolute atomic E-state index is 0.256. The highest BCUT2D eigenvalue weighted by atomic mass is 32.1. The van der Waals surface area contributed by atoms with E-state index < -0.39 is 5.82 Å². The second kappa shape index (κ2) is 6.10. The molecule has 0 radical (unpaired) electrons. The van der Waals surface area contributed by atoms with E-state index >= 15 is 0 Å². The highest BCUT2D eigenvalue weighted by Gasteiger charge is 2.13. The van der Waals surface area contributed by atoms with Gasteiger partial charge in [0.15, 0.2) is 5.13 Å². The smallest absolute Gasteiger partial charge is 0.257 e. The van der Waals surface area contributed by atoms with Gasteiger partial charge in [0.2, 0.25) is 0 Å². The number of amides is 1. The number of anilines is 1. The third kappa shape index (κ3) is 2.91. The average molecular weight is 355 g/mol. The van der Waals surface area contributed by atoms with E-state index in [9.17, 15) is 9.18 Å². The van der Waals surface area contributed by atoms with Crippen molar-refractivity contribution in [3.8, 4) is 10.7 Å². The van der Waals surface area contributed by atoms with Gasteiger partial charge >= 0.3 is 0 Å². The van der Waals surface area contributed by atoms with Crippen LogP contribution in [0.2, 0.25) is 0 Å². The van der Waals surface area contributed by atoms with E-state index in [4.69, 9.17) is 0 Å². The van der Waals surface area contributed by atoms with E-state index in [1.165, 1.54) is 29.5 Å². The molecule has 0 spiro atoms. The zero-order valence-electron chi connectivity index (χ0n) is 12.2. The Morgan fingerprint density at radius 1 is 1.08 bits per heavy atom. The summed E-state index contributed by atoms with van der Waals surface area (Å²) >= 11 is 2.86. The molecule has 2 aromatic heterocycles. The van der Waals surface area contributed by atoms with Crippen molar-refractivity contribution in [2.24, 2.45) is 0 Å². The number of nitrogens with zero attached hydrogens (tertiary/aromatic N) is 2. The Hall–Kier alpha value is -2.64. The number of aromatic nitrogens is 2. The van der Waals surface area contributed by atoms with Crippen LogP contribution < -0.4 is 5.32 Å². The molecule has 0 aliphatic heterocycles. The van der Waals surface area contributed by atoms with Gasteiger partial charge in [0.05, 0.1) is 10.2 Å². The molecule has 1 amide bonds. The van der Waals surface area contributed by atoms with Crippen LogP contribution in [0.1, 0.15) is 10.4 Å². The summed E-state index contributed by atoms with van der Waals surface area (Å²) < 4.78 is 14.3.